The SMILES string of the molecule is COC(C)Cc1noc(-c2cn[nH]c2C#N)n1. The number of rotatable bonds is 4. The van der Waals surface area contributed by atoms with E-state index in [1.165, 1.54) is 6.20 Å². The minimum absolute atomic E-state index is 0.0141. The number of hydrogen-bond acceptors (Lipinski definition) is 6. The third-order valence-corrected chi connectivity index (χ3v) is 2.32. The number of nitriles is 1. The van der Waals surface area contributed by atoms with Crippen molar-refractivity contribution in [1.29, 1.82) is 5.26 Å². The summed E-state index contributed by atoms with van der Waals surface area (Å²) in [6.45, 7) is 1.91. The molecule has 2 aromatic heterocycles. The molecule has 0 aromatic carbocycles. The first-order valence-electron chi connectivity index (χ1n) is 5.03. The van der Waals surface area contributed by atoms with Crippen LogP contribution in [0, 0.1) is 11.3 Å². The predicted molar refractivity (Wildman–Crippen MR) is 56.8 cm³/mol. The van der Waals surface area contributed by atoms with Gasteiger partial charge in [-0.25, -0.2) is 0 Å². The third kappa shape index (κ3) is 2.32. The van der Waals surface area contributed by atoms with Gasteiger partial charge in [-0.1, -0.05) is 5.16 Å². The zero-order valence-electron chi connectivity index (χ0n) is 9.47. The standard InChI is InChI=1S/C10H11N5O2/c1-6(16-2)3-9-13-10(17-15-9)7-5-12-14-8(7)4-11/h5-6H,3H2,1-2H3,(H,12,14). The van der Waals surface area contributed by atoms with E-state index in [-0.39, 0.29) is 12.0 Å². The minimum atomic E-state index is 0.0141. The molecule has 0 saturated heterocycles. The largest absolute Gasteiger partial charge is 0.381 e. The fraction of sp³-hybridized carbons (Fsp3) is 0.400. The van der Waals surface area contributed by atoms with Gasteiger partial charge in [0, 0.05) is 13.5 Å². The van der Waals surface area contributed by atoms with E-state index in [0.717, 1.165) is 0 Å². The monoisotopic (exact) mass is 233 g/mol. The van der Waals surface area contributed by atoms with Crippen LogP contribution in [0.4, 0.5) is 0 Å². The summed E-state index contributed by atoms with van der Waals surface area (Å²) >= 11 is 0. The first kappa shape index (κ1) is 11.3. The van der Waals surface area contributed by atoms with Gasteiger partial charge >= 0.3 is 0 Å². The summed E-state index contributed by atoms with van der Waals surface area (Å²) in [4.78, 5) is 4.18. The molecule has 2 rings (SSSR count). The third-order valence-electron chi connectivity index (χ3n) is 2.32. The van der Waals surface area contributed by atoms with Crippen molar-refractivity contribution >= 4 is 0 Å². The van der Waals surface area contributed by atoms with Crippen molar-refractivity contribution in [3.05, 3.63) is 17.7 Å². The summed E-state index contributed by atoms with van der Waals surface area (Å²) < 4.78 is 10.2. The van der Waals surface area contributed by atoms with Crippen molar-refractivity contribution < 1.29 is 9.26 Å². The van der Waals surface area contributed by atoms with Crippen LogP contribution in [0.1, 0.15) is 18.4 Å². The first-order valence-corrected chi connectivity index (χ1v) is 5.03. The van der Waals surface area contributed by atoms with E-state index in [0.29, 0.717) is 23.5 Å². The van der Waals surface area contributed by atoms with E-state index in [2.05, 4.69) is 20.3 Å². The Labute approximate surface area is 97.4 Å². The summed E-state index contributed by atoms with van der Waals surface area (Å²) in [6.07, 6.45) is 2.05. The Morgan fingerprint density at radius 3 is 3.18 bits per heavy atom. The average Bonchev–Trinajstić information content (AvgIpc) is 2.95. The van der Waals surface area contributed by atoms with Crippen LogP contribution < -0.4 is 0 Å². The van der Waals surface area contributed by atoms with Crippen LogP contribution in [0.15, 0.2) is 10.7 Å². The maximum Gasteiger partial charge on any atom is 0.262 e. The second-order valence-electron chi connectivity index (χ2n) is 3.54. The van der Waals surface area contributed by atoms with Crippen molar-refractivity contribution in [2.45, 2.75) is 19.4 Å². The molecule has 7 heteroatoms. The van der Waals surface area contributed by atoms with Crippen molar-refractivity contribution in [2.75, 3.05) is 7.11 Å². The van der Waals surface area contributed by atoms with Crippen molar-refractivity contribution in [3.63, 3.8) is 0 Å². The number of nitrogens with zero attached hydrogens (tertiary/aromatic N) is 4. The van der Waals surface area contributed by atoms with Gasteiger partial charge in [-0.3, -0.25) is 5.10 Å². The predicted octanol–water partition coefficient (Wildman–Crippen LogP) is 0.909. The second-order valence-corrected chi connectivity index (χ2v) is 3.54. The van der Waals surface area contributed by atoms with Gasteiger partial charge in [0.1, 0.15) is 11.8 Å². The number of aromatic nitrogens is 4. The molecule has 0 saturated carbocycles. The molecule has 2 aromatic rings. The van der Waals surface area contributed by atoms with Crippen LogP contribution in [-0.4, -0.2) is 33.6 Å². The van der Waals surface area contributed by atoms with Crippen LogP contribution in [0.25, 0.3) is 11.5 Å². The average molecular weight is 233 g/mol. The zero-order chi connectivity index (χ0) is 12.3. The van der Waals surface area contributed by atoms with Gasteiger partial charge in [0.2, 0.25) is 0 Å². The minimum Gasteiger partial charge on any atom is -0.381 e. The highest BCUT2D eigenvalue weighted by Gasteiger charge is 2.15. The molecule has 0 radical (unpaired) electrons. The molecular formula is C10H11N5O2. The van der Waals surface area contributed by atoms with Gasteiger partial charge in [-0.2, -0.15) is 15.3 Å². The van der Waals surface area contributed by atoms with E-state index in [9.17, 15) is 0 Å². The van der Waals surface area contributed by atoms with Crippen LogP contribution >= 0.6 is 0 Å². The van der Waals surface area contributed by atoms with Crippen LogP contribution in [0.2, 0.25) is 0 Å². The van der Waals surface area contributed by atoms with Gasteiger partial charge < -0.3 is 9.26 Å². The van der Waals surface area contributed by atoms with E-state index in [4.69, 9.17) is 14.5 Å². The fourth-order valence-electron chi connectivity index (χ4n) is 1.32. The lowest BCUT2D eigenvalue weighted by Gasteiger charge is -2.03. The summed E-state index contributed by atoms with van der Waals surface area (Å²) in [7, 11) is 1.62. The lowest BCUT2D eigenvalue weighted by molar-refractivity contribution is 0.116. The fourth-order valence-corrected chi connectivity index (χ4v) is 1.32. The molecule has 2 heterocycles. The normalized spacial score (nSPS) is 12.3. The van der Waals surface area contributed by atoms with Gasteiger partial charge in [-0.15, -0.1) is 0 Å². The molecule has 1 atom stereocenters. The van der Waals surface area contributed by atoms with Gasteiger partial charge in [-0.05, 0) is 6.92 Å². The Balaban J connectivity index is 2.22. The van der Waals surface area contributed by atoms with Gasteiger partial charge in [0.15, 0.2) is 5.82 Å². The maximum absolute atomic E-state index is 8.83. The molecule has 0 bridgehead atoms. The number of ether oxygens (including phenoxy) is 1. The summed E-state index contributed by atoms with van der Waals surface area (Å²) in [5, 5.41) is 19.0. The molecule has 1 unspecified atom stereocenters. The molecule has 1 N–H and O–H groups in total. The second kappa shape index (κ2) is 4.76. The summed E-state index contributed by atoms with van der Waals surface area (Å²) in [5.41, 5.74) is 0.816. The Bertz CT molecular complexity index is 539. The van der Waals surface area contributed by atoms with E-state index < -0.39 is 0 Å². The molecule has 0 amide bonds. The van der Waals surface area contributed by atoms with Crippen LogP contribution in [0.5, 0.6) is 0 Å². The van der Waals surface area contributed by atoms with E-state index in [1.54, 1.807) is 7.11 Å². The molecule has 17 heavy (non-hydrogen) atoms. The number of aromatic amines is 1. The van der Waals surface area contributed by atoms with Crippen molar-refractivity contribution in [3.8, 4) is 17.5 Å². The van der Waals surface area contributed by atoms with Gasteiger partial charge in [0.05, 0.1) is 17.9 Å². The highest BCUT2D eigenvalue weighted by Crippen LogP contribution is 2.19. The highest BCUT2D eigenvalue weighted by atomic mass is 16.5. The molecule has 0 fully saturated rings. The summed E-state index contributed by atoms with van der Waals surface area (Å²) in [6, 6.07) is 1.96. The maximum atomic E-state index is 8.83. The number of H-pyrrole nitrogens is 1. The quantitative estimate of drug-likeness (QED) is 0.842. The molecule has 88 valence electrons. The lowest BCUT2D eigenvalue weighted by atomic mass is 10.2. The molecular weight excluding hydrogens is 222 g/mol. The lowest BCUT2D eigenvalue weighted by Crippen LogP contribution is -2.09. The molecule has 0 aliphatic rings. The van der Waals surface area contributed by atoms with Crippen LogP contribution in [0.3, 0.4) is 0 Å². The van der Waals surface area contributed by atoms with E-state index in [1.807, 2.05) is 13.0 Å². The molecule has 0 aliphatic heterocycles. The molecule has 7 nitrogen and oxygen atoms in total. The Morgan fingerprint density at radius 2 is 2.47 bits per heavy atom. The Morgan fingerprint density at radius 1 is 1.65 bits per heavy atom. The number of nitrogens with one attached hydrogen (secondary N) is 1. The molecule has 0 aliphatic carbocycles. The molecule has 0 spiro atoms. The summed E-state index contributed by atoms with van der Waals surface area (Å²) in [5.74, 6) is 0.827. The first-order chi connectivity index (χ1) is 8.24. The van der Waals surface area contributed by atoms with E-state index >= 15 is 0 Å². The smallest absolute Gasteiger partial charge is 0.262 e. The number of methoxy groups -OCH3 is 1. The van der Waals surface area contributed by atoms with Crippen molar-refractivity contribution in [2.24, 2.45) is 0 Å². The Hall–Kier alpha value is -2.20. The van der Waals surface area contributed by atoms with Gasteiger partial charge in [0.25, 0.3) is 5.89 Å². The Kier molecular flexibility index (Phi) is 3.16. The topological polar surface area (TPSA) is 101 Å². The highest BCUT2D eigenvalue weighted by molar-refractivity contribution is 5.58. The zero-order valence-corrected chi connectivity index (χ0v) is 9.47. The van der Waals surface area contributed by atoms with Crippen LogP contribution in [-0.2, 0) is 11.2 Å². The van der Waals surface area contributed by atoms with Crippen molar-refractivity contribution in [1.82, 2.24) is 20.3 Å². The number of hydrogen-bond donors (Lipinski definition) is 1.